The van der Waals surface area contributed by atoms with Gasteiger partial charge in [-0.15, -0.1) is 0 Å². The first-order valence-corrected chi connectivity index (χ1v) is 19.6. The van der Waals surface area contributed by atoms with Gasteiger partial charge in [0.25, 0.3) is 0 Å². The first-order valence-electron chi connectivity index (χ1n) is 16.5. The lowest BCUT2D eigenvalue weighted by atomic mass is 10.0. The van der Waals surface area contributed by atoms with Gasteiger partial charge in [0.15, 0.2) is 0 Å². The molecule has 0 bridgehead atoms. The number of hydrogen-bond donors (Lipinski definition) is 1. The quantitative estimate of drug-likeness (QED) is 0.0867. The van der Waals surface area contributed by atoms with Crippen LogP contribution in [-0.4, -0.2) is 76.8 Å². The maximum absolute atomic E-state index is 14.2. The van der Waals surface area contributed by atoms with E-state index in [4.69, 9.17) is 29.0 Å². The van der Waals surface area contributed by atoms with Crippen molar-refractivity contribution in [2.75, 3.05) is 46.4 Å². The maximum atomic E-state index is 14.2. The molecular formula is C34H57N2O8PS. The first kappa shape index (κ1) is 40.4. The SMILES string of the molecule is CCCCOC(CN(CC(C)(C)OCP(=O)(OCCCC)OCCCC)S(=O)(=O)c1ccc(OC)cc1)C(N)Cc1ccccc1. The van der Waals surface area contributed by atoms with Crippen LogP contribution < -0.4 is 10.5 Å². The highest BCUT2D eigenvalue weighted by molar-refractivity contribution is 7.89. The average molecular weight is 685 g/mol. The predicted molar refractivity (Wildman–Crippen MR) is 184 cm³/mol. The Labute approximate surface area is 277 Å². The molecule has 2 aromatic carbocycles. The monoisotopic (exact) mass is 684 g/mol. The number of benzene rings is 2. The number of hydrogen-bond acceptors (Lipinski definition) is 9. The van der Waals surface area contributed by atoms with Gasteiger partial charge in [0.1, 0.15) is 12.1 Å². The number of nitrogens with zero attached hydrogens (tertiary/aromatic N) is 1. The van der Waals surface area contributed by atoms with Gasteiger partial charge >= 0.3 is 7.60 Å². The van der Waals surface area contributed by atoms with Crippen LogP contribution in [0.3, 0.4) is 0 Å². The fraction of sp³-hybridized carbons (Fsp3) is 0.647. The zero-order chi connectivity index (χ0) is 34.1. The standard InChI is InChI=1S/C34H57N2O8PS/c1-7-10-22-41-33(32(35)25-29-16-14-13-15-17-29)26-36(46(38,39)31-20-18-30(40-6)19-21-31)27-34(4,5)42-28-45(37,43-23-11-8-2)44-24-12-9-3/h13-21,32-33H,7-12,22-28,35H2,1-6H3. The van der Waals surface area contributed by atoms with E-state index in [2.05, 4.69) is 6.92 Å². The van der Waals surface area contributed by atoms with Gasteiger partial charge in [0.2, 0.25) is 10.0 Å². The third-order valence-electron chi connectivity index (χ3n) is 7.44. The Balaban J connectivity index is 2.39. The van der Waals surface area contributed by atoms with Crippen molar-refractivity contribution < 1.29 is 36.2 Å². The van der Waals surface area contributed by atoms with Crippen LogP contribution in [0.2, 0.25) is 0 Å². The van der Waals surface area contributed by atoms with Gasteiger partial charge in [-0.2, -0.15) is 4.31 Å². The lowest BCUT2D eigenvalue weighted by molar-refractivity contribution is -0.0275. The minimum Gasteiger partial charge on any atom is -0.497 e. The number of nitrogens with two attached hydrogens (primary N) is 1. The van der Waals surface area contributed by atoms with Crippen LogP contribution >= 0.6 is 7.60 Å². The largest absolute Gasteiger partial charge is 0.497 e. The summed E-state index contributed by atoms with van der Waals surface area (Å²) >= 11 is 0. The van der Waals surface area contributed by atoms with E-state index in [0.29, 0.717) is 18.8 Å². The zero-order valence-electron chi connectivity index (χ0n) is 28.7. The highest BCUT2D eigenvalue weighted by atomic mass is 32.2. The van der Waals surface area contributed by atoms with Crippen molar-refractivity contribution in [3.05, 3.63) is 60.2 Å². The summed E-state index contributed by atoms with van der Waals surface area (Å²) < 4.78 is 72.6. The van der Waals surface area contributed by atoms with Gasteiger partial charge in [-0.1, -0.05) is 70.4 Å². The normalized spacial score (nSPS) is 14.0. The van der Waals surface area contributed by atoms with Crippen LogP contribution in [0.1, 0.15) is 78.7 Å². The summed E-state index contributed by atoms with van der Waals surface area (Å²) in [5.41, 5.74) is 6.69. The van der Waals surface area contributed by atoms with E-state index >= 15 is 0 Å². The lowest BCUT2D eigenvalue weighted by Gasteiger charge is -2.36. The molecule has 12 heteroatoms. The second-order valence-corrected chi connectivity index (χ2v) is 16.0. The van der Waals surface area contributed by atoms with Crippen molar-refractivity contribution in [2.24, 2.45) is 5.73 Å². The zero-order valence-corrected chi connectivity index (χ0v) is 30.4. The van der Waals surface area contributed by atoms with Gasteiger partial charge in [-0.05, 0) is 69.4 Å². The van der Waals surface area contributed by atoms with E-state index in [1.165, 1.54) is 23.5 Å². The van der Waals surface area contributed by atoms with Crippen LogP contribution in [0.5, 0.6) is 5.75 Å². The molecule has 2 unspecified atom stereocenters. The number of ether oxygens (including phenoxy) is 3. The van der Waals surface area contributed by atoms with E-state index in [-0.39, 0.29) is 37.5 Å². The fourth-order valence-corrected chi connectivity index (χ4v) is 7.73. The highest BCUT2D eigenvalue weighted by Gasteiger charge is 2.37. The molecule has 262 valence electrons. The van der Waals surface area contributed by atoms with Gasteiger partial charge in [-0.3, -0.25) is 4.57 Å². The summed E-state index contributed by atoms with van der Waals surface area (Å²) in [5.74, 6) is 0.543. The summed E-state index contributed by atoms with van der Waals surface area (Å²) in [6.45, 7) is 10.6. The second kappa shape index (κ2) is 20.5. The maximum Gasteiger partial charge on any atom is 0.356 e. The Morgan fingerprint density at radius 3 is 1.98 bits per heavy atom. The molecule has 2 atom stereocenters. The molecule has 2 rings (SSSR count). The molecule has 2 N–H and O–H groups in total. The number of unbranched alkanes of at least 4 members (excludes halogenated alkanes) is 3. The summed E-state index contributed by atoms with van der Waals surface area (Å²) in [5, 5.41) is 0. The van der Waals surface area contributed by atoms with Crippen molar-refractivity contribution in [3.63, 3.8) is 0 Å². The van der Waals surface area contributed by atoms with Crippen LogP contribution in [0.4, 0.5) is 0 Å². The Morgan fingerprint density at radius 2 is 1.43 bits per heavy atom. The summed E-state index contributed by atoms with van der Waals surface area (Å²) in [6, 6.07) is 15.6. The molecule has 10 nitrogen and oxygen atoms in total. The third kappa shape index (κ3) is 14.1. The van der Waals surface area contributed by atoms with Crippen molar-refractivity contribution in [1.82, 2.24) is 4.31 Å². The molecular weight excluding hydrogens is 627 g/mol. The van der Waals surface area contributed by atoms with Crippen LogP contribution in [0, 0.1) is 0 Å². The molecule has 0 saturated heterocycles. The van der Waals surface area contributed by atoms with E-state index < -0.39 is 35.4 Å². The van der Waals surface area contributed by atoms with Gasteiger partial charge < -0.3 is 29.0 Å². The van der Waals surface area contributed by atoms with Crippen molar-refractivity contribution >= 4 is 17.6 Å². The number of sulfonamides is 1. The molecule has 0 aliphatic rings. The fourth-order valence-electron chi connectivity index (χ4n) is 4.59. The lowest BCUT2D eigenvalue weighted by Crippen LogP contribution is -2.51. The molecule has 0 saturated carbocycles. The second-order valence-electron chi connectivity index (χ2n) is 12.1. The first-order chi connectivity index (χ1) is 21.9. The molecule has 0 aliphatic carbocycles. The molecule has 0 fully saturated rings. The Morgan fingerprint density at radius 1 is 0.870 bits per heavy atom. The molecule has 0 heterocycles. The number of rotatable bonds is 25. The Hall–Kier alpha value is -1.82. The minimum atomic E-state index is -4.05. The van der Waals surface area contributed by atoms with Crippen LogP contribution in [-0.2, 0) is 39.5 Å². The smallest absolute Gasteiger partial charge is 0.356 e. The summed E-state index contributed by atoms with van der Waals surface area (Å²) in [6.07, 6.45) is 4.60. The number of methoxy groups -OCH3 is 1. The molecule has 0 radical (unpaired) electrons. The van der Waals surface area contributed by atoms with Crippen LogP contribution in [0.25, 0.3) is 0 Å². The van der Waals surface area contributed by atoms with Gasteiger partial charge in [0, 0.05) is 25.7 Å². The minimum absolute atomic E-state index is 0.00344. The molecule has 0 amide bonds. The summed E-state index contributed by atoms with van der Waals surface area (Å²) in [7, 11) is -6.10. The molecule has 46 heavy (non-hydrogen) atoms. The Bertz CT molecular complexity index is 1250. The van der Waals surface area contributed by atoms with Crippen molar-refractivity contribution in [1.29, 1.82) is 0 Å². The van der Waals surface area contributed by atoms with E-state index in [1.54, 1.807) is 26.0 Å². The van der Waals surface area contributed by atoms with Crippen LogP contribution in [0.15, 0.2) is 59.5 Å². The molecule has 2 aromatic rings. The van der Waals surface area contributed by atoms with Crippen molar-refractivity contribution in [2.45, 2.75) is 102 Å². The predicted octanol–water partition coefficient (Wildman–Crippen LogP) is 7.02. The Kier molecular flexibility index (Phi) is 18.0. The van der Waals surface area contributed by atoms with E-state index in [0.717, 1.165) is 44.1 Å². The third-order valence-corrected chi connectivity index (χ3v) is 10.9. The van der Waals surface area contributed by atoms with Gasteiger partial charge in [0.05, 0.1) is 36.9 Å². The van der Waals surface area contributed by atoms with E-state index in [9.17, 15) is 13.0 Å². The molecule has 0 spiro atoms. The average Bonchev–Trinajstić information content (AvgIpc) is 3.04. The molecule has 0 aliphatic heterocycles. The topological polar surface area (TPSA) is 127 Å². The molecule has 0 aromatic heterocycles. The van der Waals surface area contributed by atoms with E-state index in [1.807, 2.05) is 44.2 Å². The highest BCUT2D eigenvalue weighted by Crippen LogP contribution is 2.49. The van der Waals surface area contributed by atoms with Crippen molar-refractivity contribution in [3.8, 4) is 5.75 Å². The van der Waals surface area contributed by atoms with Gasteiger partial charge in [-0.25, -0.2) is 8.42 Å². The summed E-state index contributed by atoms with van der Waals surface area (Å²) in [4.78, 5) is 0.101.